The van der Waals surface area contributed by atoms with Gasteiger partial charge in [0.2, 0.25) is 0 Å². The molecule has 0 atom stereocenters. The number of rotatable bonds is 1. The first-order chi connectivity index (χ1) is 9.81. The van der Waals surface area contributed by atoms with Gasteiger partial charge in [0.1, 0.15) is 13.2 Å². The van der Waals surface area contributed by atoms with Gasteiger partial charge in [-0.2, -0.15) is 5.10 Å². The van der Waals surface area contributed by atoms with Crippen LogP contribution in [0.1, 0.15) is 0 Å². The van der Waals surface area contributed by atoms with Crippen LogP contribution in [0.4, 0.5) is 0 Å². The van der Waals surface area contributed by atoms with Crippen LogP contribution < -0.4 is 9.47 Å². The lowest BCUT2D eigenvalue weighted by atomic mass is 10.1. The maximum atomic E-state index is 5.64. The predicted octanol–water partition coefficient (Wildman–Crippen LogP) is 2.95. The molecular weight excluding hydrogens is 322 g/mol. The molecule has 100 valence electrons. The third-order valence-electron chi connectivity index (χ3n) is 3.17. The summed E-state index contributed by atoms with van der Waals surface area (Å²) in [5, 5.41) is 6.31. The summed E-state index contributed by atoms with van der Waals surface area (Å²) in [6.07, 6.45) is 5.38. The van der Waals surface area contributed by atoms with E-state index in [1.165, 1.54) is 0 Å². The molecular formula is C14H10BrN3O2. The molecule has 3 aromatic rings. The Morgan fingerprint density at radius 3 is 2.70 bits per heavy atom. The molecule has 0 saturated carbocycles. The highest BCUT2D eigenvalue weighted by molar-refractivity contribution is 9.10. The van der Waals surface area contributed by atoms with E-state index in [2.05, 4.69) is 26.0 Å². The molecule has 0 N–H and O–H groups in total. The highest BCUT2D eigenvalue weighted by atomic mass is 79.9. The number of ether oxygens (including phenoxy) is 2. The van der Waals surface area contributed by atoms with Crippen LogP contribution in [0, 0.1) is 0 Å². The van der Waals surface area contributed by atoms with Crippen LogP contribution in [-0.2, 0) is 0 Å². The Balaban J connectivity index is 1.97. The zero-order chi connectivity index (χ0) is 13.5. The van der Waals surface area contributed by atoms with Crippen molar-refractivity contribution in [2.24, 2.45) is 0 Å². The van der Waals surface area contributed by atoms with Crippen molar-refractivity contribution in [2.45, 2.75) is 0 Å². The molecule has 3 heterocycles. The Hall–Kier alpha value is -2.08. The quantitative estimate of drug-likeness (QED) is 0.687. The van der Waals surface area contributed by atoms with Gasteiger partial charge in [0.05, 0.1) is 10.7 Å². The van der Waals surface area contributed by atoms with Crippen molar-refractivity contribution in [1.82, 2.24) is 14.8 Å². The summed E-state index contributed by atoms with van der Waals surface area (Å²) in [5.74, 6) is 2.30. The van der Waals surface area contributed by atoms with Gasteiger partial charge in [-0.3, -0.25) is 0 Å². The van der Waals surface area contributed by atoms with Crippen molar-refractivity contribution in [2.75, 3.05) is 13.2 Å². The maximum Gasteiger partial charge on any atom is 0.162 e. The molecule has 4 rings (SSSR count). The molecule has 5 nitrogen and oxygen atoms in total. The normalized spacial score (nSPS) is 13.7. The van der Waals surface area contributed by atoms with Crippen LogP contribution in [0.2, 0.25) is 0 Å². The van der Waals surface area contributed by atoms with Crippen molar-refractivity contribution in [3.63, 3.8) is 0 Å². The highest BCUT2D eigenvalue weighted by Crippen LogP contribution is 2.36. The Labute approximate surface area is 123 Å². The second kappa shape index (κ2) is 4.49. The Bertz CT molecular complexity index is 800. The first kappa shape index (κ1) is 11.7. The lowest BCUT2D eigenvalue weighted by Crippen LogP contribution is -2.15. The van der Waals surface area contributed by atoms with Gasteiger partial charge < -0.3 is 9.47 Å². The van der Waals surface area contributed by atoms with Crippen LogP contribution in [0.5, 0.6) is 11.5 Å². The molecule has 0 unspecified atom stereocenters. The summed E-state index contributed by atoms with van der Waals surface area (Å²) < 4.78 is 13.9. The van der Waals surface area contributed by atoms with Crippen LogP contribution in [0.25, 0.3) is 16.6 Å². The van der Waals surface area contributed by atoms with Crippen molar-refractivity contribution in [1.29, 1.82) is 0 Å². The second-order valence-corrected chi connectivity index (χ2v) is 5.37. The minimum Gasteiger partial charge on any atom is -0.486 e. The topological polar surface area (TPSA) is 49.2 Å². The lowest BCUT2D eigenvalue weighted by molar-refractivity contribution is 0.172. The molecule has 2 aromatic heterocycles. The number of benzene rings is 1. The first-order valence-electron chi connectivity index (χ1n) is 6.20. The number of aromatic nitrogens is 3. The van der Waals surface area contributed by atoms with Gasteiger partial charge in [0.15, 0.2) is 17.3 Å². The molecule has 1 aliphatic rings. The summed E-state index contributed by atoms with van der Waals surface area (Å²) in [6, 6.07) is 5.89. The minimum absolute atomic E-state index is 0.571. The summed E-state index contributed by atoms with van der Waals surface area (Å²) >= 11 is 3.40. The van der Waals surface area contributed by atoms with Crippen molar-refractivity contribution < 1.29 is 9.47 Å². The monoisotopic (exact) mass is 331 g/mol. The second-order valence-electron chi connectivity index (χ2n) is 4.45. The Morgan fingerprint density at radius 1 is 1.15 bits per heavy atom. The van der Waals surface area contributed by atoms with Crippen molar-refractivity contribution in [3.8, 4) is 17.3 Å². The average Bonchev–Trinajstić information content (AvgIpc) is 2.91. The molecule has 0 radical (unpaired) electrons. The van der Waals surface area contributed by atoms with E-state index < -0.39 is 0 Å². The van der Waals surface area contributed by atoms with Gasteiger partial charge in [-0.15, -0.1) is 0 Å². The number of nitrogens with zero attached hydrogens (tertiary/aromatic N) is 3. The fourth-order valence-electron chi connectivity index (χ4n) is 2.29. The van der Waals surface area contributed by atoms with Crippen molar-refractivity contribution in [3.05, 3.63) is 41.3 Å². The van der Waals surface area contributed by atoms with E-state index >= 15 is 0 Å². The van der Waals surface area contributed by atoms with Crippen LogP contribution in [0.15, 0.2) is 41.3 Å². The number of pyridine rings is 1. The number of hydrogen-bond acceptors (Lipinski definition) is 4. The van der Waals surface area contributed by atoms with Crippen molar-refractivity contribution >= 4 is 26.7 Å². The van der Waals surface area contributed by atoms with Crippen LogP contribution >= 0.6 is 15.9 Å². The fraction of sp³-hybridized carbons (Fsp3) is 0.143. The third-order valence-corrected chi connectivity index (χ3v) is 3.58. The molecule has 0 spiro atoms. The average molecular weight is 332 g/mol. The van der Waals surface area contributed by atoms with Gasteiger partial charge in [-0.1, -0.05) is 0 Å². The van der Waals surface area contributed by atoms with Crippen LogP contribution in [-0.4, -0.2) is 28.0 Å². The zero-order valence-corrected chi connectivity index (χ0v) is 12.0. The fourth-order valence-corrected chi connectivity index (χ4v) is 2.58. The van der Waals surface area contributed by atoms with Gasteiger partial charge in [-0.25, -0.2) is 9.67 Å². The lowest BCUT2D eigenvalue weighted by Gasteiger charge is -2.19. The van der Waals surface area contributed by atoms with E-state index in [0.29, 0.717) is 13.2 Å². The van der Waals surface area contributed by atoms with E-state index in [4.69, 9.17) is 9.47 Å². The summed E-state index contributed by atoms with van der Waals surface area (Å²) in [7, 11) is 0. The summed E-state index contributed by atoms with van der Waals surface area (Å²) in [4.78, 5) is 4.42. The van der Waals surface area contributed by atoms with Gasteiger partial charge in [0.25, 0.3) is 0 Å². The van der Waals surface area contributed by atoms with E-state index in [-0.39, 0.29) is 0 Å². The third kappa shape index (κ3) is 1.84. The molecule has 1 aromatic carbocycles. The summed E-state index contributed by atoms with van der Waals surface area (Å²) in [6.45, 7) is 1.16. The molecule has 0 amide bonds. The number of halogens is 1. The Kier molecular flexibility index (Phi) is 2.63. The van der Waals surface area contributed by atoms with Gasteiger partial charge in [0, 0.05) is 17.8 Å². The minimum atomic E-state index is 0.571. The molecule has 0 aliphatic carbocycles. The molecule has 1 aliphatic heterocycles. The SMILES string of the molecule is Brc1cnn(-c2nccc3cc4c(cc23)OCCO4)c1. The molecule has 0 bridgehead atoms. The van der Waals surface area contributed by atoms with E-state index in [1.807, 2.05) is 24.4 Å². The van der Waals surface area contributed by atoms with E-state index in [9.17, 15) is 0 Å². The first-order valence-corrected chi connectivity index (χ1v) is 6.99. The van der Waals surface area contributed by atoms with Gasteiger partial charge >= 0.3 is 0 Å². The molecule has 0 fully saturated rings. The molecule has 6 heteroatoms. The highest BCUT2D eigenvalue weighted by Gasteiger charge is 2.15. The van der Waals surface area contributed by atoms with E-state index in [0.717, 1.165) is 32.6 Å². The van der Waals surface area contributed by atoms with Crippen LogP contribution in [0.3, 0.4) is 0 Å². The summed E-state index contributed by atoms with van der Waals surface area (Å²) in [5.41, 5.74) is 0. The maximum absolute atomic E-state index is 5.64. The molecule has 20 heavy (non-hydrogen) atoms. The van der Waals surface area contributed by atoms with E-state index in [1.54, 1.807) is 17.1 Å². The van der Waals surface area contributed by atoms with Gasteiger partial charge in [-0.05, 0) is 39.5 Å². The molecule has 0 saturated heterocycles. The zero-order valence-electron chi connectivity index (χ0n) is 10.4. The largest absolute Gasteiger partial charge is 0.486 e. The number of hydrogen-bond donors (Lipinski definition) is 0. The predicted molar refractivity (Wildman–Crippen MR) is 77.6 cm³/mol. The number of fused-ring (bicyclic) bond motifs is 2. The smallest absolute Gasteiger partial charge is 0.162 e. The Morgan fingerprint density at radius 2 is 1.95 bits per heavy atom. The standard InChI is InChI=1S/C14H10BrN3O2/c15-10-7-17-18(8-10)14-11-6-13-12(19-3-4-20-13)5-9(11)1-2-16-14/h1-2,5-8H,3-4H2.